The summed E-state index contributed by atoms with van der Waals surface area (Å²) in [7, 11) is 0. The number of rotatable bonds is 6. The fourth-order valence-corrected chi connectivity index (χ4v) is 8.42. The number of hydrogen-bond donors (Lipinski definition) is 1. The van der Waals surface area contributed by atoms with Crippen molar-refractivity contribution in [3.63, 3.8) is 0 Å². The van der Waals surface area contributed by atoms with E-state index in [4.69, 9.17) is 20.7 Å². The van der Waals surface area contributed by atoms with Crippen LogP contribution in [-0.4, -0.2) is 24.1 Å². The van der Waals surface area contributed by atoms with Crippen molar-refractivity contribution >= 4 is 49.3 Å². The zero-order valence-electron chi connectivity index (χ0n) is 30.8. The van der Waals surface area contributed by atoms with Gasteiger partial charge in [-0.3, -0.25) is 0 Å². The molecule has 3 heterocycles. The number of anilines is 1. The second-order valence-corrected chi connectivity index (χ2v) is 14.3. The minimum absolute atomic E-state index is 0.536. The van der Waals surface area contributed by atoms with Gasteiger partial charge in [0.15, 0.2) is 17.5 Å². The normalized spacial score (nSPS) is 11.6. The van der Waals surface area contributed by atoms with Crippen molar-refractivity contribution in [3.8, 4) is 56.7 Å². The van der Waals surface area contributed by atoms with Gasteiger partial charge in [0, 0.05) is 49.6 Å². The molecule has 6 heteroatoms. The highest BCUT2D eigenvalue weighted by atomic mass is 15.1. The predicted molar refractivity (Wildman–Crippen MR) is 235 cm³/mol. The Morgan fingerprint density at radius 2 is 0.930 bits per heavy atom. The molecule has 0 radical (unpaired) electrons. The number of aromatic nitrogens is 5. The molecule has 0 aliphatic rings. The summed E-state index contributed by atoms with van der Waals surface area (Å²) >= 11 is 0. The van der Waals surface area contributed by atoms with Gasteiger partial charge in [-0.15, -0.1) is 0 Å². The number of benzene rings is 8. The first-order valence-electron chi connectivity index (χ1n) is 19.1. The van der Waals surface area contributed by atoms with Gasteiger partial charge in [0.05, 0.1) is 27.8 Å². The maximum atomic E-state index is 6.69. The summed E-state index contributed by atoms with van der Waals surface area (Å²) < 4.78 is 4.75. The molecule has 0 unspecified atom stereocenters. The standard InChI is InChI=1S/C51H34N6/c52-35-28-30-45(42(32-35)51-54-49(34-18-6-2-7-19-34)53-50(55-51)40-24-11-10-22-37(40)33-16-4-1-5-17-33)57-43-26-14-12-23-38(43)39-29-31-46-47(48(39)57)41-25-13-15-27-44(41)56(46)36-20-8-3-9-21-36/h1-32H,52H2. The largest absolute Gasteiger partial charge is 0.399 e. The maximum Gasteiger partial charge on any atom is 0.166 e. The fourth-order valence-electron chi connectivity index (χ4n) is 8.42. The van der Waals surface area contributed by atoms with E-state index >= 15 is 0 Å². The molecule has 0 spiro atoms. The number of hydrogen-bond acceptors (Lipinski definition) is 4. The van der Waals surface area contributed by atoms with Crippen LogP contribution in [0.5, 0.6) is 0 Å². The first kappa shape index (κ1) is 32.6. The molecule has 0 saturated heterocycles. The number of nitrogen functional groups attached to an aromatic ring is 1. The summed E-state index contributed by atoms with van der Waals surface area (Å²) in [5, 5.41) is 4.67. The van der Waals surface area contributed by atoms with Crippen LogP contribution >= 0.6 is 0 Å². The van der Waals surface area contributed by atoms with E-state index < -0.39 is 0 Å². The molecule has 0 fully saturated rings. The Morgan fingerprint density at radius 3 is 1.67 bits per heavy atom. The third-order valence-corrected chi connectivity index (χ3v) is 10.9. The van der Waals surface area contributed by atoms with Crippen LogP contribution in [-0.2, 0) is 0 Å². The lowest BCUT2D eigenvalue weighted by atomic mass is 9.99. The predicted octanol–water partition coefficient (Wildman–Crippen LogP) is 12.3. The Hall–Kier alpha value is -7.83. The molecule has 0 bridgehead atoms. The van der Waals surface area contributed by atoms with Gasteiger partial charge in [-0.2, -0.15) is 0 Å². The Bertz CT molecular complexity index is 3290. The second kappa shape index (κ2) is 13.2. The lowest BCUT2D eigenvalue weighted by Gasteiger charge is -2.16. The fraction of sp³-hybridized carbons (Fsp3) is 0. The Balaban J connectivity index is 1.24. The molecule has 57 heavy (non-hydrogen) atoms. The summed E-state index contributed by atoms with van der Waals surface area (Å²) in [5.41, 5.74) is 18.6. The Kier molecular flexibility index (Phi) is 7.54. The van der Waals surface area contributed by atoms with Crippen LogP contribution in [0.25, 0.3) is 100 Å². The Morgan fingerprint density at radius 1 is 0.368 bits per heavy atom. The molecule has 2 N–H and O–H groups in total. The van der Waals surface area contributed by atoms with Crippen molar-refractivity contribution in [3.05, 3.63) is 194 Å². The highest BCUT2D eigenvalue weighted by Gasteiger charge is 2.24. The van der Waals surface area contributed by atoms with Crippen LogP contribution in [0.4, 0.5) is 5.69 Å². The van der Waals surface area contributed by atoms with Crippen molar-refractivity contribution in [1.29, 1.82) is 0 Å². The van der Waals surface area contributed by atoms with Crippen LogP contribution in [0, 0.1) is 0 Å². The molecule has 0 saturated carbocycles. The SMILES string of the molecule is Nc1ccc(-n2c3ccccc3c3ccc4c(c5ccccc5n4-c4ccccc4)c32)c(-c2nc(-c3ccccc3)nc(-c3ccccc3-c3ccccc3)n2)c1. The second-order valence-electron chi connectivity index (χ2n) is 14.3. The highest BCUT2D eigenvalue weighted by Crippen LogP contribution is 2.44. The van der Waals surface area contributed by atoms with Gasteiger partial charge in [0.2, 0.25) is 0 Å². The van der Waals surface area contributed by atoms with Crippen molar-refractivity contribution in [2.75, 3.05) is 5.73 Å². The summed E-state index contributed by atoms with van der Waals surface area (Å²) in [6, 6.07) is 67.3. The highest BCUT2D eigenvalue weighted by molar-refractivity contribution is 6.26. The first-order chi connectivity index (χ1) is 28.2. The van der Waals surface area contributed by atoms with E-state index in [0.29, 0.717) is 23.2 Å². The maximum absolute atomic E-state index is 6.69. The van der Waals surface area contributed by atoms with E-state index in [-0.39, 0.29) is 0 Å². The van der Waals surface area contributed by atoms with Crippen LogP contribution in [0.1, 0.15) is 0 Å². The van der Waals surface area contributed by atoms with Gasteiger partial charge in [-0.05, 0) is 59.7 Å². The van der Waals surface area contributed by atoms with Crippen molar-refractivity contribution in [1.82, 2.24) is 24.1 Å². The zero-order chi connectivity index (χ0) is 37.9. The van der Waals surface area contributed by atoms with Crippen LogP contribution in [0.3, 0.4) is 0 Å². The molecule has 8 aromatic carbocycles. The quantitative estimate of drug-likeness (QED) is 0.173. The lowest BCUT2D eigenvalue weighted by Crippen LogP contribution is -2.05. The third-order valence-electron chi connectivity index (χ3n) is 10.9. The Labute approximate surface area is 328 Å². The van der Waals surface area contributed by atoms with Gasteiger partial charge in [0.25, 0.3) is 0 Å². The summed E-state index contributed by atoms with van der Waals surface area (Å²) in [5.74, 6) is 1.71. The van der Waals surface area contributed by atoms with Crippen molar-refractivity contribution in [2.45, 2.75) is 0 Å². The van der Waals surface area contributed by atoms with Gasteiger partial charge in [-0.25, -0.2) is 15.0 Å². The first-order valence-corrected chi connectivity index (χ1v) is 19.1. The van der Waals surface area contributed by atoms with E-state index in [1.54, 1.807) is 0 Å². The molecule has 0 aliphatic carbocycles. The molecule has 6 nitrogen and oxygen atoms in total. The lowest BCUT2D eigenvalue weighted by molar-refractivity contribution is 1.07. The smallest absolute Gasteiger partial charge is 0.166 e. The molecule has 3 aromatic heterocycles. The molecule has 11 aromatic rings. The van der Waals surface area contributed by atoms with E-state index in [1.165, 1.54) is 10.8 Å². The van der Waals surface area contributed by atoms with Crippen LogP contribution in [0.2, 0.25) is 0 Å². The number of nitrogens with zero attached hydrogens (tertiary/aromatic N) is 5. The number of fused-ring (bicyclic) bond motifs is 7. The molecular formula is C51H34N6. The van der Waals surface area contributed by atoms with Gasteiger partial charge >= 0.3 is 0 Å². The zero-order valence-corrected chi connectivity index (χ0v) is 30.8. The van der Waals surface area contributed by atoms with Crippen molar-refractivity contribution < 1.29 is 0 Å². The number of nitrogens with two attached hydrogens (primary N) is 1. The molecular weight excluding hydrogens is 697 g/mol. The monoisotopic (exact) mass is 730 g/mol. The molecule has 0 aliphatic heterocycles. The average molecular weight is 731 g/mol. The van der Waals surface area contributed by atoms with E-state index in [9.17, 15) is 0 Å². The van der Waals surface area contributed by atoms with Crippen LogP contribution in [0.15, 0.2) is 194 Å². The summed E-state index contributed by atoms with van der Waals surface area (Å²) in [6.45, 7) is 0. The van der Waals surface area contributed by atoms with Crippen molar-refractivity contribution in [2.24, 2.45) is 0 Å². The molecule has 268 valence electrons. The minimum atomic E-state index is 0.536. The topological polar surface area (TPSA) is 74.5 Å². The third kappa shape index (κ3) is 5.30. The molecule has 0 amide bonds. The molecule has 11 rings (SSSR count). The summed E-state index contributed by atoms with van der Waals surface area (Å²) in [6.07, 6.45) is 0. The molecule has 0 atom stereocenters. The van der Waals surface area contributed by atoms with Gasteiger partial charge in [0.1, 0.15) is 0 Å². The van der Waals surface area contributed by atoms with E-state index in [0.717, 1.165) is 72.0 Å². The van der Waals surface area contributed by atoms with Crippen LogP contribution < -0.4 is 5.73 Å². The van der Waals surface area contributed by atoms with Gasteiger partial charge < -0.3 is 14.9 Å². The average Bonchev–Trinajstić information content (AvgIpc) is 3.80. The van der Waals surface area contributed by atoms with Gasteiger partial charge in [-0.1, -0.05) is 146 Å². The summed E-state index contributed by atoms with van der Waals surface area (Å²) in [4.78, 5) is 15.7. The minimum Gasteiger partial charge on any atom is -0.399 e. The van der Waals surface area contributed by atoms with E-state index in [1.807, 2.05) is 54.6 Å². The van der Waals surface area contributed by atoms with E-state index in [2.05, 4.69) is 149 Å². The number of para-hydroxylation sites is 3.